The number of carbonyl (C=O) groups excluding carboxylic acids is 1. The first-order valence-electron chi connectivity index (χ1n) is 4.77. The van der Waals surface area contributed by atoms with Crippen molar-refractivity contribution in [2.45, 2.75) is 32.1 Å². The lowest BCUT2D eigenvalue weighted by Gasteiger charge is -2.28. The van der Waals surface area contributed by atoms with Crippen molar-refractivity contribution in [2.75, 3.05) is 18.1 Å². The van der Waals surface area contributed by atoms with Crippen molar-refractivity contribution in [1.82, 2.24) is 4.90 Å². The Kier molecular flexibility index (Phi) is 5.80. The number of halogens is 1. The zero-order valence-electron chi connectivity index (χ0n) is 9.53. The van der Waals surface area contributed by atoms with E-state index in [-0.39, 0.29) is 11.9 Å². The SMILES string of the molecule is CC(C)N(CCBr)C(=O)C(C)S(C)(=O)=O. The van der Waals surface area contributed by atoms with Crippen molar-refractivity contribution in [3.63, 3.8) is 0 Å². The minimum Gasteiger partial charge on any atom is -0.338 e. The monoisotopic (exact) mass is 299 g/mol. The van der Waals surface area contributed by atoms with Crippen LogP contribution in [-0.4, -0.2) is 48.6 Å². The van der Waals surface area contributed by atoms with Crippen LogP contribution in [0.1, 0.15) is 20.8 Å². The van der Waals surface area contributed by atoms with Gasteiger partial charge in [0.25, 0.3) is 0 Å². The standard InChI is InChI=1S/C9H18BrNO3S/c1-7(2)11(6-5-10)9(12)8(3)15(4,13)14/h7-8H,5-6H2,1-4H3. The molecular weight excluding hydrogens is 282 g/mol. The number of hydrogen-bond donors (Lipinski definition) is 0. The number of amides is 1. The lowest BCUT2D eigenvalue weighted by molar-refractivity contribution is -0.131. The van der Waals surface area contributed by atoms with E-state index in [2.05, 4.69) is 15.9 Å². The molecule has 0 bridgehead atoms. The molecule has 0 aliphatic rings. The maximum Gasteiger partial charge on any atom is 0.240 e. The Morgan fingerprint density at radius 1 is 1.33 bits per heavy atom. The summed E-state index contributed by atoms with van der Waals surface area (Å²) >= 11 is 3.24. The Hall–Kier alpha value is -0.100. The van der Waals surface area contributed by atoms with Crippen LogP contribution in [0.2, 0.25) is 0 Å². The molecule has 4 nitrogen and oxygen atoms in total. The number of nitrogens with zero attached hydrogens (tertiary/aromatic N) is 1. The highest BCUT2D eigenvalue weighted by Crippen LogP contribution is 2.08. The smallest absolute Gasteiger partial charge is 0.240 e. The van der Waals surface area contributed by atoms with Crippen LogP contribution in [0.25, 0.3) is 0 Å². The topological polar surface area (TPSA) is 54.5 Å². The lowest BCUT2D eigenvalue weighted by atomic mass is 10.3. The van der Waals surface area contributed by atoms with Gasteiger partial charge in [-0.3, -0.25) is 4.79 Å². The van der Waals surface area contributed by atoms with Gasteiger partial charge in [-0.15, -0.1) is 0 Å². The summed E-state index contributed by atoms with van der Waals surface area (Å²) in [6.45, 7) is 5.70. The maximum absolute atomic E-state index is 11.8. The van der Waals surface area contributed by atoms with Crippen LogP contribution >= 0.6 is 15.9 Å². The van der Waals surface area contributed by atoms with Crippen LogP contribution in [0.4, 0.5) is 0 Å². The van der Waals surface area contributed by atoms with Crippen molar-refractivity contribution < 1.29 is 13.2 Å². The lowest BCUT2D eigenvalue weighted by Crippen LogP contribution is -2.45. The second-order valence-electron chi connectivity index (χ2n) is 3.79. The van der Waals surface area contributed by atoms with Gasteiger partial charge in [-0.1, -0.05) is 15.9 Å². The first-order chi connectivity index (χ1) is 6.71. The van der Waals surface area contributed by atoms with Gasteiger partial charge in [0.15, 0.2) is 9.84 Å². The van der Waals surface area contributed by atoms with Gasteiger partial charge >= 0.3 is 0 Å². The van der Waals surface area contributed by atoms with E-state index in [1.54, 1.807) is 4.90 Å². The number of hydrogen-bond acceptors (Lipinski definition) is 3. The highest BCUT2D eigenvalue weighted by atomic mass is 79.9. The van der Waals surface area contributed by atoms with Crippen LogP contribution in [0.15, 0.2) is 0 Å². The third-order valence-electron chi connectivity index (χ3n) is 2.22. The number of sulfone groups is 1. The van der Waals surface area contributed by atoms with Crippen LogP contribution in [0.5, 0.6) is 0 Å². The van der Waals surface area contributed by atoms with Crippen LogP contribution in [-0.2, 0) is 14.6 Å². The fourth-order valence-corrected chi connectivity index (χ4v) is 2.01. The van der Waals surface area contributed by atoms with E-state index in [4.69, 9.17) is 0 Å². The minimum absolute atomic E-state index is 0.0132. The van der Waals surface area contributed by atoms with E-state index >= 15 is 0 Å². The number of alkyl halides is 1. The fourth-order valence-electron chi connectivity index (χ4n) is 1.13. The van der Waals surface area contributed by atoms with Gasteiger partial charge in [0, 0.05) is 24.2 Å². The second kappa shape index (κ2) is 5.84. The fraction of sp³-hybridized carbons (Fsp3) is 0.889. The van der Waals surface area contributed by atoms with Crippen molar-refractivity contribution in [1.29, 1.82) is 0 Å². The molecule has 15 heavy (non-hydrogen) atoms. The molecule has 0 radical (unpaired) electrons. The average molecular weight is 300 g/mol. The Bertz CT molecular complexity index is 313. The summed E-state index contributed by atoms with van der Waals surface area (Å²) in [6, 6.07) is 0.0132. The quantitative estimate of drug-likeness (QED) is 0.713. The highest BCUT2D eigenvalue weighted by Gasteiger charge is 2.29. The molecule has 0 fully saturated rings. The molecule has 0 rings (SSSR count). The summed E-state index contributed by atoms with van der Waals surface area (Å²) in [7, 11) is -3.31. The molecule has 0 aromatic carbocycles. The molecule has 6 heteroatoms. The molecule has 0 heterocycles. The Morgan fingerprint density at radius 2 is 1.80 bits per heavy atom. The normalized spacial score (nSPS) is 14.0. The Morgan fingerprint density at radius 3 is 2.07 bits per heavy atom. The molecular formula is C9H18BrNO3S. The summed E-state index contributed by atoms with van der Waals surface area (Å²) in [5.74, 6) is -0.327. The zero-order chi connectivity index (χ0) is 12.2. The van der Waals surface area contributed by atoms with Gasteiger partial charge in [-0.05, 0) is 20.8 Å². The van der Waals surface area contributed by atoms with Crippen LogP contribution in [0, 0.1) is 0 Å². The first-order valence-corrected chi connectivity index (χ1v) is 7.84. The van der Waals surface area contributed by atoms with Gasteiger partial charge in [-0.25, -0.2) is 8.42 Å². The van der Waals surface area contributed by atoms with E-state index in [1.807, 2.05) is 13.8 Å². The van der Waals surface area contributed by atoms with Crippen LogP contribution < -0.4 is 0 Å². The van der Waals surface area contributed by atoms with Crippen molar-refractivity contribution in [2.24, 2.45) is 0 Å². The van der Waals surface area contributed by atoms with Gasteiger partial charge in [0.05, 0.1) is 0 Å². The molecule has 1 unspecified atom stereocenters. The molecule has 0 aromatic rings. The van der Waals surface area contributed by atoms with E-state index in [1.165, 1.54) is 6.92 Å². The molecule has 0 aliphatic heterocycles. The number of carbonyl (C=O) groups is 1. The van der Waals surface area contributed by atoms with Gasteiger partial charge in [0.1, 0.15) is 5.25 Å². The summed E-state index contributed by atoms with van der Waals surface area (Å²) in [6.07, 6.45) is 1.09. The Labute approximate surface area is 100 Å². The second-order valence-corrected chi connectivity index (χ2v) is 6.95. The van der Waals surface area contributed by atoms with E-state index in [9.17, 15) is 13.2 Å². The van der Waals surface area contributed by atoms with Crippen molar-refractivity contribution in [3.05, 3.63) is 0 Å². The van der Waals surface area contributed by atoms with Crippen molar-refractivity contribution in [3.8, 4) is 0 Å². The number of rotatable bonds is 5. The predicted octanol–water partition coefficient (Wildman–Crippen LogP) is 1.05. The molecule has 1 atom stereocenters. The molecule has 0 aromatic heterocycles. The summed E-state index contributed by atoms with van der Waals surface area (Å²) in [4.78, 5) is 13.4. The third kappa shape index (κ3) is 4.51. The zero-order valence-corrected chi connectivity index (χ0v) is 11.9. The van der Waals surface area contributed by atoms with Gasteiger partial charge in [0.2, 0.25) is 5.91 Å². The van der Waals surface area contributed by atoms with E-state index < -0.39 is 15.1 Å². The minimum atomic E-state index is -3.31. The maximum atomic E-state index is 11.8. The molecule has 0 saturated carbocycles. The molecule has 0 aliphatic carbocycles. The summed E-state index contributed by atoms with van der Waals surface area (Å²) in [5.41, 5.74) is 0. The molecule has 0 N–H and O–H groups in total. The van der Waals surface area contributed by atoms with Gasteiger partial charge < -0.3 is 4.90 Å². The van der Waals surface area contributed by atoms with Crippen LogP contribution in [0.3, 0.4) is 0 Å². The Balaban J connectivity index is 4.79. The molecule has 0 saturated heterocycles. The third-order valence-corrected chi connectivity index (χ3v) is 4.06. The molecule has 0 spiro atoms. The van der Waals surface area contributed by atoms with E-state index in [0.29, 0.717) is 11.9 Å². The highest BCUT2D eigenvalue weighted by molar-refractivity contribution is 9.09. The largest absolute Gasteiger partial charge is 0.338 e. The summed E-state index contributed by atoms with van der Waals surface area (Å²) in [5, 5.41) is -0.313. The summed E-state index contributed by atoms with van der Waals surface area (Å²) < 4.78 is 22.5. The molecule has 1 amide bonds. The van der Waals surface area contributed by atoms with Crippen molar-refractivity contribution >= 4 is 31.7 Å². The predicted molar refractivity (Wildman–Crippen MR) is 64.9 cm³/mol. The molecule has 90 valence electrons. The average Bonchev–Trinajstić information content (AvgIpc) is 2.09. The van der Waals surface area contributed by atoms with E-state index in [0.717, 1.165) is 6.26 Å². The first kappa shape index (κ1) is 14.9. The van der Waals surface area contributed by atoms with Gasteiger partial charge in [-0.2, -0.15) is 0 Å².